The van der Waals surface area contributed by atoms with Gasteiger partial charge in [-0.15, -0.1) is 0 Å². The molecule has 0 fully saturated rings. The lowest BCUT2D eigenvalue weighted by Gasteiger charge is -2.42. The number of aromatic nitrogens is 1. The van der Waals surface area contributed by atoms with E-state index in [1.165, 1.54) is 55.0 Å². The van der Waals surface area contributed by atoms with Crippen LogP contribution in [0.5, 0.6) is 0 Å². The van der Waals surface area contributed by atoms with Crippen molar-refractivity contribution in [3.8, 4) is 5.69 Å². The fraction of sp³-hybridized carbons (Fsp3) is 0.0213. The van der Waals surface area contributed by atoms with Crippen LogP contribution < -0.4 is 15.9 Å². The molecule has 1 aliphatic rings. The molecule has 0 saturated carbocycles. The van der Waals surface area contributed by atoms with Gasteiger partial charge in [0, 0.05) is 26.7 Å². The van der Waals surface area contributed by atoms with Crippen LogP contribution >= 0.6 is 7.14 Å². The second-order valence-corrected chi connectivity index (χ2v) is 16.0. The average molecular weight is 658 g/mol. The molecule has 0 aliphatic carbocycles. The monoisotopic (exact) mass is 657 g/mol. The molecule has 1 aromatic heterocycles. The number of para-hydroxylation sites is 3. The lowest BCUT2D eigenvalue weighted by Crippen LogP contribution is -2.35. The molecular formula is C47H32NOP. The van der Waals surface area contributed by atoms with Crippen molar-refractivity contribution in [2.24, 2.45) is 0 Å². The highest BCUT2D eigenvalue weighted by Crippen LogP contribution is 2.54. The molecule has 236 valence electrons. The Morgan fingerprint density at radius 1 is 0.420 bits per heavy atom. The SMILES string of the molecule is O=P(c1ccccc1)(c1ccccc1)c1ccc(C2(c3ccc4ccccc4c3)c3ccccc3-n3c4ccccc4c4cccc2c43)cc1. The minimum absolute atomic E-state index is 0.646. The van der Waals surface area contributed by atoms with Crippen LogP contribution in [0.4, 0.5) is 0 Å². The van der Waals surface area contributed by atoms with Crippen LogP contribution in [0.25, 0.3) is 38.3 Å². The van der Waals surface area contributed by atoms with E-state index in [1.54, 1.807) is 0 Å². The van der Waals surface area contributed by atoms with Crippen molar-refractivity contribution in [3.63, 3.8) is 0 Å². The minimum Gasteiger partial charge on any atom is -0.309 e. The summed E-state index contributed by atoms with van der Waals surface area (Å²) < 4.78 is 17.9. The maximum absolute atomic E-state index is 15.4. The second-order valence-electron chi connectivity index (χ2n) is 13.2. The zero-order valence-corrected chi connectivity index (χ0v) is 28.2. The molecule has 0 amide bonds. The number of nitrogens with zero attached hydrogens (tertiary/aromatic N) is 1. The van der Waals surface area contributed by atoms with E-state index >= 15 is 4.57 Å². The summed E-state index contributed by atoms with van der Waals surface area (Å²) in [5.74, 6) is 0. The summed E-state index contributed by atoms with van der Waals surface area (Å²) in [5, 5.41) is 7.39. The van der Waals surface area contributed by atoms with Gasteiger partial charge in [-0.05, 0) is 51.2 Å². The molecule has 9 aromatic rings. The zero-order chi connectivity index (χ0) is 33.3. The molecule has 2 nitrogen and oxygen atoms in total. The van der Waals surface area contributed by atoms with Gasteiger partial charge in [0.2, 0.25) is 0 Å². The maximum atomic E-state index is 15.4. The number of fused-ring (bicyclic) bond motifs is 6. The largest absolute Gasteiger partial charge is 0.309 e. The Hall–Kier alpha value is -5.95. The highest BCUT2D eigenvalue weighted by atomic mass is 31.2. The predicted octanol–water partition coefficient (Wildman–Crippen LogP) is 10.3. The number of benzene rings is 8. The Morgan fingerprint density at radius 2 is 0.980 bits per heavy atom. The van der Waals surface area contributed by atoms with Crippen LogP contribution in [0.1, 0.15) is 22.3 Å². The molecule has 2 heterocycles. The van der Waals surface area contributed by atoms with E-state index in [9.17, 15) is 0 Å². The van der Waals surface area contributed by atoms with E-state index in [0.29, 0.717) is 0 Å². The summed E-state index contributed by atoms with van der Waals surface area (Å²) >= 11 is 0. The lowest BCUT2D eigenvalue weighted by atomic mass is 9.63. The normalized spacial score (nSPS) is 15.4. The fourth-order valence-corrected chi connectivity index (χ4v) is 11.2. The van der Waals surface area contributed by atoms with Crippen molar-refractivity contribution in [1.29, 1.82) is 0 Å². The van der Waals surface area contributed by atoms with Gasteiger partial charge >= 0.3 is 0 Å². The number of hydrogen-bond acceptors (Lipinski definition) is 1. The van der Waals surface area contributed by atoms with Crippen molar-refractivity contribution in [3.05, 3.63) is 216 Å². The van der Waals surface area contributed by atoms with Crippen LogP contribution in [-0.4, -0.2) is 4.57 Å². The standard InChI is InChI=1S/C47H32NOP/c49-50(37-16-3-1-4-17-37,38-18-5-2-6-19-38)39-30-28-35(29-31-39)47(36-27-26-33-14-7-8-15-34(33)32-36)42-22-10-12-25-45(42)48-44-24-11-9-20-40(44)41-21-13-23-43(47)46(41)48/h1-32H. The van der Waals surface area contributed by atoms with Crippen LogP contribution in [0.3, 0.4) is 0 Å². The van der Waals surface area contributed by atoms with E-state index in [-0.39, 0.29) is 0 Å². The molecule has 1 atom stereocenters. The third-order valence-electron chi connectivity index (χ3n) is 10.7. The van der Waals surface area contributed by atoms with Gasteiger partial charge in [-0.1, -0.05) is 176 Å². The Labute approximate surface area is 291 Å². The highest BCUT2D eigenvalue weighted by molar-refractivity contribution is 7.85. The van der Waals surface area contributed by atoms with E-state index in [1.807, 2.05) is 60.7 Å². The van der Waals surface area contributed by atoms with Gasteiger partial charge < -0.3 is 9.13 Å². The van der Waals surface area contributed by atoms with E-state index in [0.717, 1.165) is 21.5 Å². The summed E-state index contributed by atoms with van der Waals surface area (Å²) in [7, 11) is -3.15. The predicted molar refractivity (Wildman–Crippen MR) is 210 cm³/mol. The Kier molecular flexibility index (Phi) is 6.40. The van der Waals surface area contributed by atoms with Gasteiger partial charge in [-0.3, -0.25) is 0 Å². The topological polar surface area (TPSA) is 22.0 Å². The molecule has 0 N–H and O–H groups in total. The Morgan fingerprint density at radius 3 is 1.74 bits per heavy atom. The first-order valence-electron chi connectivity index (χ1n) is 17.1. The molecule has 3 heteroatoms. The highest BCUT2D eigenvalue weighted by Gasteiger charge is 2.45. The van der Waals surface area contributed by atoms with Gasteiger partial charge in [-0.2, -0.15) is 0 Å². The molecule has 0 spiro atoms. The molecule has 10 rings (SSSR count). The quantitative estimate of drug-likeness (QED) is 0.169. The number of hydrogen-bond donors (Lipinski definition) is 0. The minimum atomic E-state index is -3.15. The zero-order valence-electron chi connectivity index (χ0n) is 27.3. The van der Waals surface area contributed by atoms with E-state index < -0.39 is 12.6 Å². The van der Waals surface area contributed by atoms with Crippen LogP contribution in [0, 0.1) is 0 Å². The first-order valence-corrected chi connectivity index (χ1v) is 18.8. The molecule has 0 bridgehead atoms. The first kappa shape index (κ1) is 29.0. The summed E-state index contributed by atoms with van der Waals surface area (Å²) in [6, 6.07) is 68.5. The van der Waals surface area contributed by atoms with Gasteiger partial charge in [0.1, 0.15) is 0 Å². The molecular weight excluding hydrogens is 625 g/mol. The van der Waals surface area contributed by atoms with Gasteiger partial charge in [-0.25, -0.2) is 0 Å². The molecule has 0 radical (unpaired) electrons. The third-order valence-corrected chi connectivity index (χ3v) is 13.8. The summed E-state index contributed by atoms with van der Waals surface area (Å²) in [4.78, 5) is 0. The smallest absolute Gasteiger partial charge is 0.171 e. The second kappa shape index (κ2) is 11.0. The average Bonchev–Trinajstić information content (AvgIpc) is 3.54. The van der Waals surface area contributed by atoms with Crippen LogP contribution in [-0.2, 0) is 9.98 Å². The number of rotatable bonds is 5. The van der Waals surface area contributed by atoms with Crippen LogP contribution in [0.15, 0.2) is 194 Å². The molecule has 50 heavy (non-hydrogen) atoms. The Balaban J connectivity index is 1.31. The van der Waals surface area contributed by atoms with E-state index in [4.69, 9.17) is 0 Å². The molecule has 8 aromatic carbocycles. The molecule has 0 saturated heterocycles. The third kappa shape index (κ3) is 3.94. The van der Waals surface area contributed by atoms with Crippen molar-refractivity contribution in [2.75, 3.05) is 0 Å². The lowest BCUT2D eigenvalue weighted by molar-refractivity contribution is 0.592. The van der Waals surface area contributed by atoms with Crippen molar-refractivity contribution in [1.82, 2.24) is 4.57 Å². The van der Waals surface area contributed by atoms with Gasteiger partial charge in [0.05, 0.1) is 22.1 Å². The summed E-state index contributed by atoms with van der Waals surface area (Å²) in [6.07, 6.45) is 0. The summed E-state index contributed by atoms with van der Waals surface area (Å²) in [6.45, 7) is 0. The first-order chi connectivity index (χ1) is 24.7. The maximum Gasteiger partial charge on any atom is 0.171 e. The summed E-state index contributed by atoms with van der Waals surface area (Å²) in [5.41, 5.74) is 7.76. The van der Waals surface area contributed by atoms with Crippen molar-refractivity contribution >= 4 is 55.6 Å². The fourth-order valence-electron chi connectivity index (χ4n) is 8.56. The van der Waals surface area contributed by atoms with Crippen LogP contribution in [0.2, 0.25) is 0 Å². The Bertz CT molecular complexity index is 2740. The van der Waals surface area contributed by atoms with Gasteiger partial charge in [0.25, 0.3) is 0 Å². The molecule has 1 unspecified atom stereocenters. The molecule has 1 aliphatic heterocycles. The van der Waals surface area contributed by atoms with Crippen molar-refractivity contribution < 1.29 is 4.57 Å². The van der Waals surface area contributed by atoms with Gasteiger partial charge in [0.15, 0.2) is 7.14 Å². The van der Waals surface area contributed by atoms with E-state index in [2.05, 4.69) is 138 Å². The van der Waals surface area contributed by atoms with Crippen molar-refractivity contribution in [2.45, 2.75) is 5.41 Å².